The molecule has 124 valence electrons. The van der Waals surface area contributed by atoms with E-state index in [9.17, 15) is 14.7 Å². The number of imidazole rings is 1. The fraction of sp³-hybridized carbons (Fsp3) is 0. The maximum absolute atomic E-state index is 12.4. The Kier molecular flexibility index (Phi) is 3.36. The van der Waals surface area contributed by atoms with Gasteiger partial charge in [-0.25, -0.2) is 19.3 Å². The van der Waals surface area contributed by atoms with Gasteiger partial charge in [-0.3, -0.25) is 4.79 Å². The summed E-state index contributed by atoms with van der Waals surface area (Å²) in [4.78, 5) is 35.4. The van der Waals surface area contributed by atoms with Crippen LogP contribution in [0.1, 0.15) is 10.5 Å². The minimum atomic E-state index is -0.784. The second kappa shape index (κ2) is 5.56. The zero-order valence-corrected chi connectivity index (χ0v) is 13.4. The Hall–Kier alpha value is -3.46. The summed E-state index contributed by atoms with van der Waals surface area (Å²) >= 11 is 1.35. The lowest BCUT2D eigenvalue weighted by Gasteiger charge is -2.05. The molecule has 25 heavy (non-hydrogen) atoms. The van der Waals surface area contributed by atoms with Crippen molar-refractivity contribution in [2.45, 2.75) is 0 Å². The van der Waals surface area contributed by atoms with E-state index in [1.807, 2.05) is 5.38 Å². The molecule has 0 saturated carbocycles. The van der Waals surface area contributed by atoms with Crippen LogP contribution >= 0.6 is 11.3 Å². The van der Waals surface area contributed by atoms with Crippen molar-refractivity contribution in [3.8, 4) is 22.1 Å². The molecular weight excluding hydrogens is 342 g/mol. The number of nitrogens with one attached hydrogen (secondary N) is 1. The summed E-state index contributed by atoms with van der Waals surface area (Å²) in [5.74, 6) is -0.568. The molecule has 4 aromatic rings. The van der Waals surface area contributed by atoms with Crippen molar-refractivity contribution in [1.29, 1.82) is 0 Å². The number of hydrogen-bond donors (Lipinski definition) is 3. The summed E-state index contributed by atoms with van der Waals surface area (Å²) < 4.78 is 1.36. The molecule has 0 unspecified atom stereocenters. The van der Waals surface area contributed by atoms with Crippen molar-refractivity contribution < 1.29 is 9.90 Å². The van der Waals surface area contributed by atoms with Crippen LogP contribution in [0.15, 0.2) is 46.6 Å². The molecule has 3 heterocycles. The average Bonchev–Trinajstić information content (AvgIpc) is 3.20. The minimum absolute atomic E-state index is 0.0338. The number of primary amides is 1. The first kappa shape index (κ1) is 15.1. The Morgan fingerprint density at radius 3 is 2.76 bits per heavy atom. The van der Waals surface area contributed by atoms with Crippen LogP contribution in [-0.2, 0) is 0 Å². The van der Waals surface area contributed by atoms with Crippen molar-refractivity contribution >= 4 is 28.4 Å². The molecule has 0 aliphatic rings. The minimum Gasteiger partial charge on any atom is -0.508 e. The zero-order valence-electron chi connectivity index (χ0n) is 12.6. The fourth-order valence-corrected chi connectivity index (χ4v) is 3.27. The summed E-state index contributed by atoms with van der Waals surface area (Å²) in [5.41, 5.74) is 5.81. The molecule has 0 spiro atoms. The van der Waals surface area contributed by atoms with Gasteiger partial charge in [-0.1, -0.05) is 12.1 Å². The number of rotatable bonds is 3. The van der Waals surface area contributed by atoms with Crippen LogP contribution in [0.25, 0.3) is 27.6 Å². The predicted octanol–water partition coefficient (Wildman–Crippen LogP) is 1.64. The van der Waals surface area contributed by atoms with E-state index in [2.05, 4.69) is 15.0 Å². The van der Waals surface area contributed by atoms with Crippen molar-refractivity contribution in [3.05, 3.63) is 58.0 Å². The third-order valence-electron chi connectivity index (χ3n) is 3.60. The van der Waals surface area contributed by atoms with E-state index in [1.54, 1.807) is 24.3 Å². The topological polar surface area (TPSA) is 127 Å². The van der Waals surface area contributed by atoms with Gasteiger partial charge < -0.3 is 15.8 Å². The van der Waals surface area contributed by atoms with E-state index in [0.29, 0.717) is 10.6 Å². The predicted molar refractivity (Wildman–Crippen MR) is 93.0 cm³/mol. The highest BCUT2D eigenvalue weighted by Gasteiger charge is 2.20. The van der Waals surface area contributed by atoms with Crippen molar-refractivity contribution in [3.63, 3.8) is 0 Å². The van der Waals surface area contributed by atoms with Gasteiger partial charge in [-0.15, -0.1) is 11.3 Å². The normalized spacial score (nSPS) is 11.0. The SMILES string of the molecule is NC(=O)c1nc(-c2cccc(O)c2)nc2c1[nH]c(=O)n2-c1cccs1. The number of aromatic hydroxyl groups is 1. The molecule has 8 nitrogen and oxygen atoms in total. The van der Waals surface area contributed by atoms with Crippen LogP contribution in [0.5, 0.6) is 5.75 Å². The van der Waals surface area contributed by atoms with Gasteiger partial charge in [-0.2, -0.15) is 0 Å². The van der Waals surface area contributed by atoms with Crippen LogP contribution in [0, 0.1) is 0 Å². The van der Waals surface area contributed by atoms with Crippen molar-refractivity contribution in [1.82, 2.24) is 19.5 Å². The van der Waals surface area contributed by atoms with E-state index in [0.717, 1.165) is 0 Å². The average molecular weight is 353 g/mol. The number of carbonyl (C=O) groups excluding carboxylic acids is 1. The molecule has 3 aromatic heterocycles. The Morgan fingerprint density at radius 1 is 1.24 bits per heavy atom. The van der Waals surface area contributed by atoms with Crippen LogP contribution in [-0.4, -0.2) is 30.5 Å². The Morgan fingerprint density at radius 2 is 2.08 bits per heavy atom. The largest absolute Gasteiger partial charge is 0.508 e. The third-order valence-corrected chi connectivity index (χ3v) is 4.45. The van der Waals surface area contributed by atoms with Gasteiger partial charge in [0.1, 0.15) is 16.3 Å². The smallest absolute Gasteiger partial charge is 0.333 e. The molecular formula is C16H11N5O3S. The highest BCUT2D eigenvalue weighted by Crippen LogP contribution is 2.25. The van der Waals surface area contributed by atoms with Crippen LogP contribution < -0.4 is 11.4 Å². The van der Waals surface area contributed by atoms with E-state index in [-0.39, 0.29) is 28.4 Å². The molecule has 0 atom stereocenters. The third kappa shape index (κ3) is 2.46. The summed E-state index contributed by atoms with van der Waals surface area (Å²) in [6.07, 6.45) is 0. The van der Waals surface area contributed by atoms with E-state index < -0.39 is 11.6 Å². The number of phenols is 1. The first-order valence-electron chi connectivity index (χ1n) is 7.20. The van der Waals surface area contributed by atoms with E-state index in [4.69, 9.17) is 5.73 Å². The van der Waals surface area contributed by atoms with Crippen LogP contribution in [0.3, 0.4) is 0 Å². The number of benzene rings is 1. The van der Waals surface area contributed by atoms with Gasteiger partial charge >= 0.3 is 5.69 Å². The lowest BCUT2D eigenvalue weighted by atomic mass is 10.2. The molecule has 4 N–H and O–H groups in total. The summed E-state index contributed by atoms with van der Waals surface area (Å²) in [7, 11) is 0. The monoisotopic (exact) mass is 353 g/mol. The Bertz CT molecular complexity index is 1160. The quantitative estimate of drug-likeness (QED) is 0.516. The molecule has 0 fully saturated rings. The molecule has 1 aromatic carbocycles. The molecule has 4 rings (SSSR count). The van der Waals surface area contributed by atoms with E-state index >= 15 is 0 Å². The van der Waals surface area contributed by atoms with Crippen LogP contribution in [0.4, 0.5) is 0 Å². The molecule has 0 aliphatic carbocycles. The fourth-order valence-electron chi connectivity index (χ4n) is 2.54. The number of fused-ring (bicyclic) bond motifs is 1. The molecule has 1 amide bonds. The van der Waals surface area contributed by atoms with Crippen molar-refractivity contribution in [2.75, 3.05) is 0 Å². The maximum atomic E-state index is 12.4. The van der Waals surface area contributed by atoms with Crippen LogP contribution in [0.2, 0.25) is 0 Å². The molecule has 0 bridgehead atoms. The van der Waals surface area contributed by atoms with E-state index in [1.165, 1.54) is 28.0 Å². The second-order valence-corrected chi connectivity index (χ2v) is 6.15. The van der Waals surface area contributed by atoms with Crippen molar-refractivity contribution in [2.24, 2.45) is 5.73 Å². The summed E-state index contributed by atoms with van der Waals surface area (Å²) in [6, 6.07) is 9.86. The molecule has 0 radical (unpaired) electrons. The number of aromatic amines is 1. The lowest BCUT2D eigenvalue weighted by Crippen LogP contribution is -2.15. The number of carbonyl (C=O) groups is 1. The molecule has 0 saturated heterocycles. The standard InChI is InChI=1S/C16H11N5O3S/c17-13(23)11-12-15(21(16(24)19-12)10-5-2-6-25-10)20-14(18-11)8-3-1-4-9(22)7-8/h1-7,22H,(H2,17,23)(H,19,24). The lowest BCUT2D eigenvalue weighted by molar-refractivity contribution is 0.0997. The summed E-state index contributed by atoms with van der Waals surface area (Å²) in [5, 5.41) is 12.1. The highest BCUT2D eigenvalue weighted by molar-refractivity contribution is 7.12. The van der Waals surface area contributed by atoms with Gasteiger partial charge in [0, 0.05) is 5.56 Å². The second-order valence-electron chi connectivity index (χ2n) is 5.23. The number of aromatic nitrogens is 4. The van der Waals surface area contributed by atoms with Gasteiger partial charge in [0.2, 0.25) is 0 Å². The molecule has 9 heteroatoms. The number of nitrogens with two attached hydrogens (primary N) is 1. The van der Waals surface area contributed by atoms with Gasteiger partial charge in [0.15, 0.2) is 17.2 Å². The number of phenolic OH excluding ortho intramolecular Hbond substituents is 1. The number of hydrogen-bond acceptors (Lipinski definition) is 6. The Balaban J connectivity index is 2.08. The van der Waals surface area contributed by atoms with Gasteiger partial charge in [0.25, 0.3) is 5.91 Å². The Labute approximate surface area is 144 Å². The first-order valence-corrected chi connectivity index (χ1v) is 8.08. The number of amides is 1. The molecule has 0 aliphatic heterocycles. The first-order chi connectivity index (χ1) is 12.0. The number of thiophene rings is 1. The zero-order chi connectivity index (χ0) is 17.6. The number of nitrogens with zero attached hydrogens (tertiary/aromatic N) is 3. The highest BCUT2D eigenvalue weighted by atomic mass is 32.1. The van der Waals surface area contributed by atoms with Gasteiger partial charge in [0.05, 0.1) is 0 Å². The van der Waals surface area contributed by atoms with Gasteiger partial charge in [-0.05, 0) is 29.6 Å². The number of H-pyrrole nitrogens is 1. The maximum Gasteiger partial charge on any atom is 0.333 e. The summed E-state index contributed by atoms with van der Waals surface area (Å²) in [6.45, 7) is 0.